The van der Waals surface area contributed by atoms with Gasteiger partial charge in [-0.1, -0.05) is 12.1 Å². The molecule has 15 nitrogen and oxygen atoms in total. The molecule has 4 atom stereocenters. The second-order valence-corrected chi connectivity index (χ2v) is 8.30. The number of hydrogen-bond donors (Lipinski definition) is 9. The van der Waals surface area contributed by atoms with Crippen molar-refractivity contribution >= 4 is 35.6 Å². The van der Waals surface area contributed by atoms with Crippen molar-refractivity contribution in [3.8, 4) is 5.75 Å². The third-order valence-corrected chi connectivity index (χ3v) is 5.02. The van der Waals surface area contributed by atoms with Crippen molar-refractivity contribution in [2.45, 2.75) is 56.8 Å². The molecule has 37 heavy (non-hydrogen) atoms. The number of phenolic OH excluding ortho intramolecular Hbond substituents is 1. The Morgan fingerprint density at radius 1 is 0.892 bits per heavy atom. The van der Waals surface area contributed by atoms with Crippen LogP contribution in [0.25, 0.3) is 0 Å². The van der Waals surface area contributed by atoms with Crippen LogP contribution in [0.2, 0.25) is 0 Å². The second kappa shape index (κ2) is 14.9. The number of carbonyl (C=O) groups excluding carboxylic acids is 4. The number of primary amides is 1. The molecule has 0 saturated carbocycles. The number of carboxylic acid groups (broad SMARTS) is 1. The topological polar surface area (TPSA) is 278 Å². The van der Waals surface area contributed by atoms with E-state index in [0.29, 0.717) is 5.56 Å². The van der Waals surface area contributed by atoms with Gasteiger partial charge in [-0.2, -0.15) is 0 Å². The van der Waals surface area contributed by atoms with Crippen LogP contribution in [0.1, 0.15) is 31.7 Å². The fourth-order valence-corrected chi connectivity index (χ4v) is 3.10. The van der Waals surface area contributed by atoms with Gasteiger partial charge < -0.3 is 49.1 Å². The molecular weight excluding hydrogens is 488 g/mol. The number of guanidine groups is 1. The highest BCUT2D eigenvalue weighted by Gasteiger charge is 2.30. The number of rotatable bonds is 15. The number of aromatic hydroxyl groups is 1. The molecule has 4 unspecified atom stereocenters. The van der Waals surface area contributed by atoms with Gasteiger partial charge in [0.25, 0.3) is 0 Å². The number of nitrogens with one attached hydrogen (secondary N) is 3. The lowest BCUT2D eigenvalue weighted by Gasteiger charge is -2.25. The molecule has 0 spiro atoms. The zero-order valence-electron chi connectivity index (χ0n) is 20.3. The lowest BCUT2D eigenvalue weighted by atomic mass is 10.0. The van der Waals surface area contributed by atoms with Crippen LogP contribution in [0, 0.1) is 0 Å². The van der Waals surface area contributed by atoms with E-state index >= 15 is 0 Å². The van der Waals surface area contributed by atoms with E-state index < -0.39 is 60.2 Å². The smallest absolute Gasteiger partial charge is 0.326 e. The molecule has 0 saturated heterocycles. The van der Waals surface area contributed by atoms with E-state index in [1.807, 2.05) is 0 Å². The number of aliphatic imine (C=N–C) groups is 1. The molecule has 1 aromatic carbocycles. The van der Waals surface area contributed by atoms with Gasteiger partial charge in [0.2, 0.25) is 23.6 Å². The standard InChI is InChI=1S/C22H34N8O7/c1-11(23)18(33)29-15(9-12-4-6-13(31)7-5-12)20(35)28-14(3-2-8-27-22(25)26)19(34)30-16(21(36)37)10-17(24)32/h4-7,11,14-16,31H,2-3,8-10,23H2,1H3,(H2,24,32)(H,28,35)(H,29,33)(H,30,34)(H,36,37)(H4,25,26,27). The van der Waals surface area contributed by atoms with Crippen LogP contribution in [0.4, 0.5) is 0 Å². The summed E-state index contributed by atoms with van der Waals surface area (Å²) in [7, 11) is 0. The Morgan fingerprint density at radius 2 is 1.43 bits per heavy atom. The first-order valence-electron chi connectivity index (χ1n) is 11.3. The number of nitrogens with two attached hydrogens (primary N) is 4. The highest BCUT2D eigenvalue weighted by molar-refractivity contribution is 5.95. The molecular formula is C22H34N8O7. The summed E-state index contributed by atoms with van der Waals surface area (Å²) in [6, 6.07) is 0.919. The number of carboxylic acids is 1. The predicted octanol–water partition coefficient (Wildman–Crippen LogP) is -3.25. The van der Waals surface area contributed by atoms with Gasteiger partial charge in [-0.3, -0.25) is 24.2 Å². The molecule has 0 aromatic heterocycles. The number of phenols is 1. The lowest BCUT2D eigenvalue weighted by Crippen LogP contribution is -2.57. The van der Waals surface area contributed by atoms with Crippen LogP contribution in [-0.4, -0.2) is 76.5 Å². The highest BCUT2D eigenvalue weighted by Crippen LogP contribution is 2.12. The summed E-state index contributed by atoms with van der Waals surface area (Å²) in [6.07, 6.45) is -0.459. The monoisotopic (exact) mass is 522 g/mol. The zero-order valence-corrected chi connectivity index (χ0v) is 20.3. The average Bonchev–Trinajstić information content (AvgIpc) is 2.80. The number of benzene rings is 1. The van der Waals surface area contributed by atoms with Gasteiger partial charge in [-0.05, 0) is 37.5 Å². The van der Waals surface area contributed by atoms with E-state index in [4.69, 9.17) is 22.9 Å². The van der Waals surface area contributed by atoms with Gasteiger partial charge in [-0.25, -0.2) is 4.79 Å². The van der Waals surface area contributed by atoms with Crippen LogP contribution in [0.5, 0.6) is 5.75 Å². The van der Waals surface area contributed by atoms with Crippen LogP contribution in [-0.2, 0) is 30.4 Å². The molecule has 0 bridgehead atoms. The maximum absolute atomic E-state index is 13.2. The minimum atomic E-state index is -1.62. The number of amides is 4. The molecule has 1 aromatic rings. The Labute approximate surface area is 213 Å². The van der Waals surface area contributed by atoms with Crippen LogP contribution in [0.15, 0.2) is 29.3 Å². The molecule has 0 fully saturated rings. The largest absolute Gasteiger partial charge is 0.508 e. The third kappa shape index (κ3) is 11.7. The molecule has 13 N–H and O–H groups in total. The Hall–Kier alpha value is -4.40. The van der Waals surface area contributed by atoms with Crippen molar-refractivity contribution in [2.24, 2.45) is 27.9 Å². The summed E-state index contributed by atoms with van der Waals surface area (Å²) < 4.78 is 0. The Bertz CT molecular complexity index is 993. The highest BCUT2D eigenvalue weighted by atomic mass is 16.4. The van der Waals surface area contributed by atoms with Gasteiger partial charge in [0.1, 0.15) is 23.9 Å². The van der Waals surface area contributed by atoms with Gasteiger partial charge >= 0.3 is 5.97 Å². The van der Waals surface area contributed by atoms with E-state index in [-0.39, 0.29) is 37.5 Å². The normalized spacial score (nSPS) is 13.8. The van der Waals surface area contributed by atoms with Crippen molar-refractivity contribution in [1.29, 1.82) is 0 Å². The van der Waals surface area contributed by atoms with Crippen molar-refractivity contribution < 1.29 is 34.2 Å². The maximum atomic E-state index is 13.2. The van der Waals surface area contributed by atoms with E-state index in [0.717, 1.165) is 0 Å². The van der Waals surface area contributed by atoms with E-state index in [2.05, 4.69) is 20.9 Å². The summed E-state index contributed by atoms with van der Waals surface area (Å²) >= 11 is 0. The Morgan fingerprint density at radius 3 is 1.95 bits per heavy atom. The average molecular weight is 523 g/mol. The minimum Gasteiger partial charge on any atom is -0.508 e. The lowest BCUT2D eigenvalue weighted by molar-refractivity contribution is -0.143. The van der Waals surface area contributed by atoms with Crippen LogP contribution < -0.4 is 38.9 Å². The Kier molecular flexibility index (Phi) is 12.3. The van der Waals surface area contributed by atoms with Gasteiger partial charge in [0, 0.05) is 13.0 Å². The maximum Gasteiger partial charge on any atom is 0.326 e. The zero-order chi connectivity index (χ0) is 28.1. The van der Waals surface area contributed by atoms with Crippen molar-refractivity contribution in [1.82, 2.24) is 16.0 Å². The summed E-state index contributed by atoms with van der Waals surface area (Å²) in [4.78, 5) is 64.7. The number of nitrogens with zero attached hydrogens (tertiary/aromatic N) is 1. The quantitative estimate of drug-likeness (QED) is 0.0630. The molecule has 0 aliphatic heterocycles. The molecule has 0 radical (unpaired) electrons. The number of carbonyl (C=O) groups is 5. The fourth-order valence-electron chi connectivity index (χ4n) is 3.10. The number of hydrogen-bond acceptors (Lipinski definition) is 8. The molecule has 0 aliphatic rings. The van der Waals surface area contributed by atoms with Crippen LogP contribution >= 0.6 is 0 Å². The van der Waals surface area contributed by atoms with E-state index in [1.165, 1.54) is 19.1 Å². The summed E-state index contributed by atoms with van der Waals surface area (Å²) in [5.41, 5.74) is 21.8. The molecule has 0 heterocycles. The van der Waals surface area contributed by atoms with Crippen molar-refractivity contribution in [3.05, 3.63) is 29.8 Å². The van der Waals surface area contributed by atoms with Crippen LogP contribution in [0.3, 0.4) is 0 Å². The van der Waals surface area contributed by atoms with Gasteiger partial charge in [-0.15, -0.1) is 0 Å². The molecule has 4 amide bonds. The van der Waals surface area contributed by atoms with E-state index in [9.17, 15) is 34.2 Å². The van der Waals surface area contributed by atoms with Gasteiger partial charge in [0.15, 0.2) is 5.96 Å². The summed E-state index contributed by atoms with van der Waals surface area (Å²) in [5, 5.41) is 26.0. The van der Waals surface area contributed by atoms with Crippen molar-refractivity contribution in [2.75, 3.05) is 6.54 Å². The first-order valence-corrected chi connectivity index (χ1v) is 11.3. The molecule has 204 valence electrons. The van der Waals surface area contributed by atoms with Gasteiger partial charge in [0.05, 0.1) is 12.5 Å². The first-order chi connectivity index (χ1) is 17.3. The first kappa shape index (κ1) is 30.6. The molecule has 1 rings (SSSR count). The number of aliphatic carboxylic acids is 1. The predicted molar refractivity (Wildman–Crippen MR) is 133 cm³/mol. The fraction of sp³-hybridized carbons (Fsp3) is 0.455. The van der Waals surface area contributed by atoms with Crippen molar-refractivity contribution in [3.63, 3.8) is 0 Å². The summed E-state index contributed by atoms with van der Waals surface area (Å²) in [5.74, 6) is -4.89. The molecule has 0 aliphatic carbocycles. The Balaban J connectivity index is 3.13. The summed E-state index contributed by atoms with van der Waals surface area (Å²) in [6.45, 7) is 1.54. The van der Waals surface area contributed by atoms with E-state index in [1.54, 1.807) is 12.1 Å². The minimum absolute atomic E-state index is 0.00539. The second-order valence-electron chi connectivity index (χ2n) is 8.30. The molecule has 15 heteroatoms. The SMILES string of the molecule is CC(N)C(=O)NC(Cc1ccc(O)cc1)C(=O)NC(CCCN=C(N)N)C(=O)NC(CC(N)=O)C(=O)O. The third-order valence-electron chi connectivity index (χ3n) is 5.02.